The van der Waals surface area contributed by atoms with E-state index in [0.29, 0.717) is 6.42 Å². The molecule has 0 aromatic carbocycles. The number of fused-ring (bicyclic) bond motifs is 2. The number of hydrogen-bond acceptors (Lipinski definition) is 1. The van der Waals surface area contributed by atoms with Gasteiger partial charge in [-0.25, -0.2) is 0 Å². The molecule has 1 fully saturated rings. The van der Waals surface area contributed by atoms with Crippen LogP contribution in [-0.4, -0.2) is 23.1 Å². The zero-order chi connectivity index (χ0) is 13.8. The molecule has 1 nitrogen and oxygen atoms in total. The molecule has 107 valence electrons. The first kappa shape index (κ1) is 17.8. The standard InChI is InChI=1S/C11H12F6O.Ac/c12-10(13,14)9(18,11(15,16)17)5-8-4-6-1-2-7(8)3-6;/h1-2,6-8,18H,3-5H2;. The van der Waals surface area contributed by atoms with Gasteiger partial charge < -0.3 is 5.11 Å². The van der Waals surface area contributed by atoms with Crippen LogP contribution in [0, 0.1) is 61.8 Å². The fourth-order valence-corrected chi connectivity index (χ4v) is 2.90. The van der Waals surface area contributed by atoms with Gasteiger partial charge in [0.2, 0.25) is 0 Å². The molecule has 2 aliphatic carbocycles. The Kier molecular flexibility index (Phi) is 5.14. The average Bonchev–Trinajstić information content (AvgIpc) is 2.75. The zero-order valence-corrected chi connectivity index (χ0v) is 14.5. The normalized spacial score (nSPS) is 30.6. The van der Waals surface area contributed by atoms with E-state index >= 15 is 0 Å². The van der Waals surface area contributed by atoms with Crippen LogP contribution in [0.25, 0.3) is 0 Å². The van der Waals surface area contributed by atoms with Gasteiger partial charge >= 0.3 is 12.4 Å². The van der Waals surface area contributed by atoms with Crippen molar-refractivity contribution in [3.8, 4) is 0 Å². The maximum absolute atomic E-state index is 12.5. The molecule has 0 saturated heterocycles. The van der Waals surface area contributed by atoms with Gasteiger partial charge in [-0.05, 0) is 37.0 Å². The Morgan fingerprint density at radius 2 is 1.47 bits per heavy atom. The van der Waals surface area contributed by atoms with Gasteiger partial charge in [-0.3, -0.25) is 0 Å². The minimum absolute atomic E-state index is 0. The summed E-state index contributed by atoms with van der Waals surface area (Å²) in [5, 5.41) is 9.10. The Bertz CT molecular complexity index is 347. The van der Waals surface area contributed by atoms with Crippen LogP contribution >= 0.6 is 0 Å². The molecule has 0 heterocycles. The predicted octanol–water partition coefficient (Wildman–Crippen LogP) is 3.44. The van der Waals surface area contributed by atoms with Crippen LogP contribution < -0.4 is 0 Å². The summed E-state index contributed by atoms with van der Waals surface area (Å²) in [6.07, 6.45) is -8.33. The van der Waals surface area contributed by atoms with Crippen LogP contribution in [0.2, 0.25) is 0 Å². The van der Waals surface area contributed by atoms with Gasteiger partial charge in [-0.1, -0.05) is 12.2 Å². The second-order valence-electron chi connectivity index (χ2n) is 5.10. The first-order valence-electron chi connectivity index (χ1n) is 5.59. The van der Waals surface area contributed by atoms with Crippen LogP contribution in [-0.2, 0) is 0 Å². The molecule has 19 heavy (non-hydrogen) atoms. The van der Waals surface area contributed by atoms with Gasteiger partial charge in [-0.2, -0.15) is 26.3 Å². The largest absolute Gasteiger partial charge is 0.426 e. The summed E-state index contributed by atoms with van der Waals surface area (Å²) < 4.78 is 75.0. The Labute approximate surface area is 142 Å². The third-order valence-electron chi connectivity index (χ3n) is 3.91. The van der Waals surface area contributed by atoms with Crippen LogP contribution in [0.4, 0.5) is 26.3 Å². The van der Waals surface area contributed by atoms with Gasteiger partial charge in [0.15, 0.2) is 0 Å². The molecule has 0 aromatic rings. The number of hydrogen-bond donors (Lipinski definition) is 1. The van der Waals surface area contributed by atoms with Crippen molar-refractivity contribution < 1.29 is 75.5 Å². The van der Waals surface area contributed by atoms with E-state index in [2.05, 4.69) is 0 Å². The summed E-state index contributed by atoms with van der Waals surface area (Å²) in [7, 11) is 0. The molecule has 1 saturated carbocycles. The van der Waals surface area contributed by atoms with Gasteiger partial charge in [0.1, 0.15) is 0 Å². The predicted molar refractivity (Wildman–Crippen MR) is 50.5 cm³/mol. The maximum Gasteiger partial charge on any atom is 0.426 e. The Hall–Kier alpha value is 0.722. The summed E-state index contributed by atoms with van der Waals surface area (Å²) in [6, 6.07) is 0. The quantitative estimate of drug-likeness (QED) is 0.455. The topological polar surface area (TPSA) is 20.2 Å². The maximum atomic E-state index is 12.5. The Morgan fingerprint density at radius 3 is 1.79 bits per heavy atom. The van der Waals surface area contributed by atoms with E-state index in [-0.39, 0.29) is 62.3 Å². The molecule has 0 amide bonds. The second-order valence-corrected chi connectivity index (χ2v) is 5.10. The molecular weight excluding hydrogens is 489 g/mol. The van der Waals surface area contributed by atoms with Crippen molar-refractivity contribution >= 4 is 0 Å². The summed E-state index contributed by atoms with van der Waals surface area (Å²) >= 11 is 0. The molecule has 2 bridgehead atoms. The average molecular weight is 501 g/mol. The van der Waals surface area contributed by atoms with Gasteiger partial charge in [0.05, 0.1) is 0 Å². The molecule has 0 aromatic heterocycles. The molecule has 3 atom stereocenters. The van der Waals surface area contributed by atoms with Crippen molar-refractivity contribution in [2.75, 3.05) is 0 Å². The number of aliphatic hydroxyl groups is 1. The van der Waals surface area contributed by atoms with Crippen LogP contribution in [0.15, 0.2) is 12.2 Å². The third kappa shape index (κ3) is 3.16. The summed E-state index contributed by atoms with van der Waals surface area (Å²) in [6.45, 7) is 0. The van der Waals surface area contributed by atoms with Crippen LogP contribution in [0.3, 0.4) is 0 Å². The Morgan fingerprint density at radius 1 is 0.947 bits per heavy atom. The molecule has 1 N–H and O–H groups in total. The number of allylic oxidation sites excluding steroid dienone is 2. The first-order valence-corrected chi connectivity index (χ1v) is 5.59. The fourth-order valence-electron chi connectivity index (χ4n) is 2.90. The van der Waals surface area contributed by atoms with Crippen molar-refractivity contribution in [3.05, 3.63) is 12.2 Å². The van der Waals surface area contributed by atoms with Crippen LogP contribution in [0.5, 0.6) is 0 Å². The van der Waals surface area contributed by atoms with Gasteiger partial charge in [0, 0.05) is 44.1 Å². The van der Waals surface area contributed by atoms with E-state index in [9.17, 15) is 26.3 Å². The minimum Gasteiger partial charge on any atom is -0.374 e. The fraction of sp³-hybridized carbons (Fsp3) is 0.818. The summed E-state index contributed by atoms with van der Waals surface area (Å²) in [5.74, 6) is -0.967. The summed E-state index contributed by atoms with van der Waals surface area (Å²) in [4.78, 5) is 0. The molecule has 2 rings (SSSR count). The van der Waals surface area contributed by atoms with Crippen molar-refractivity contribution in [2.24, 2.45) is 17.8 Å². The van der Waals surface area contributed by atoms with E-state index < -0.39 is 30.3 Å². The van der Waals surface area contributed by atoms with Gasteiger partial charge in [-0.15, -0.1) is 0 Å². The molecule has 0 spiro atoms. The number of halogens is 6. The number of rotatable bonds is 2. The Balaban J connectivity index is 0.00000180. The van der Waals surface area contributed by atoms with Crippen molar-refractivity contribution in [1.82, 2.24) is 0 Å². The van der Waals surface area contributed by atoms with E-state index in [1.165, 1.54) is 0 Å². The first-order chi connectivity index (χ1) is 8.04. The molecule has 1 radical (unpaired) electrons. The molecule has 8 heteroatoms. The number of alkyl halides is 6. The van der Waals surface area contributed by atoms with Crippen LogP contribution in [0.1, 0.15) is 19.3 Å². The van der Waals surface area contributed by atoms with E-state index in [0.717, 1.165) is 0 Å². The molecule has 0 aliphatic heterocycles. The third-order valence-corrected chi connectivity index (χ3v) is 3.91. The van der Waals surface area contributed by atoms with E-state index in [1.807, 2.05) is 6.08 Å². The van der Waals surface area contributed by atoms with E-state index in [1.54, 1.807) is 6.08 Å². The minimum atomic E-state index is -5.70. The second kappa shape index (κ2) is 5.49. The molecule has 2 aliphatic rings. The van der Waals surface area contributed by atoms with Crippen molar-refractivity contribution in [3.63, 3.8) is 0 Å². The van der Waals surface area contributed by atoms with Crippen molar-refractivity contribution in [1.29, 1.82) is 0 Å². The molecule has 3 unspecified atom stereocenters. The smallest absolute Gasteiger partial charge is 0.374 e. The van der Waals surface area contributed by atoms with Crippen molar-refractivity contribution in [2.45, 2.75) is 37.2 Å². The SMILES string of the molecule is OC(CC1CC2C=CC1C2)(C(F)(F)F)C(F)(F)F.[Ac]. The summed E-state index contributed by atoms with van der Waals surface area (Å²) in [5.41, 5.74) is -4.59. The van der Waals surface area contributed by atoms with E-state index in [4.69, 9.17) is 5.11 Å². The zero-order valence-electron chi connectivity index (χ0n) is 9.80. The van der Waals surface area contributed by atoms with Gasteiger partial charge in [0.25, 0.3) is 5.60 Å². The molecular formula is C11H12AcF6O. The monoisotopic (exact) mass is 501 g/mol.